The SMILES string of the molecule is CCOc1cc([C@H]2Nc3ccccc3C(=O)N2Cc2ccc3c(c2)OCO3)ccc1O. The molecule has 7 heteroatoms. The second-order valence-electron chi connectivity index (χ2n) is 7.37. The molecule has 0 radical (unpaired) electrons. The molecule has 0 bridgehead atoms. The lowest BCUT2D eigenvalue weighted by molar-refractivity contribution is 0.0666. The first-order valence-corrected chi connectivity index (χ1v) is 10.1. The number of anilines is 1. The van der Waals surface area contributed by atoms with E-state index in [0.29, 0.717) is 36.0 Å². The number of benzene rings is 3. The molecule has 31 heavy (non-hydrogen) atoms. The van der Waals surface area contributed by atoms with Crippen molar-refractivity contribution in [1.29, 1.82) is 0 Å². The molecule has 3 aromatic rings. The molecule has 0 saturated heterocycles. The summed E-state index contributed by atoms with van der Waals surface area (Å²) in [5, 5.41) is 13.6. The molecule has 7 nitrogen and oxygen atoms in total. The van der Waals surface area contributed by atoms with Gasteiger partial charge in [0.15, 0.2) is 23.0 Å². The largest absolute Gasteiger partial charge is 0.504 e. The second kappa shape index (κ2) is 7.75. The van der Waals surface area contributed by atoms with E-state index in [4.69, 9.17) is 14.2 Å². The summed E-state index contributed by atoms with van der Waals surface area (Å²) in [6, 6.07) is 18.3. The van der Waals surface area contributed by atoms with Crippen LogP contribution in [-0.4, -0.2) is 29.3 Å². The highest BCUT2D eigenvalue weighted by Gasteiger charge is 2.33. The van der Waals surface area contributed by atoms with Gasteiger partial charge in [-0.15, -0.1) is 0 Å². The molecular formula is C24H22N2O5. The zero-order valence-electron chi connectivity index (χ0n) is 17.0. The van der Waals surface area contributed by atoms with Crippen LogP contribution in [0.4, 0.5) is 5.69 Å². The summed E-state index contributed by atoms with van der Waals surface area (Å²) in [5.41, 5.74) is 3.12. The van der Waals surface area contributed by atoms with Crippen LogP contribution in [0.2, 0.25) is 0 Å². The fraction of sp³-hybridized carbons (Fsp3) is 0.208. The van der Waals surface area contributed by atoms with Crippen LogP contribution in [0.1, 0.15) is 34.6 Å². The maximum absolute atomic E-state index is 13.5. The van der Waals surface area contributed by atoms with Gasteiger partial charge in [-0.2, -0.15) is 0 Å². The number of aromatic hydroxyl groups is 1. The van der Waals surface area contributed by atoms with Crippen molar-refractivity contribution in [1.82, 2.24) is 4.90 Å². The van der Waals surface area contributed by atoms with Crippen molar-refractivity contribution < 1.29 is 24.1 Å². The van der Waals surface area contributed by atoms with E-state index >= 15 is 0 Å². The Morgan fingerprint density at radius 1 is 1.10 bits per heavy atom. The fourth-order valence-corrected chi connectivity index (χ4v) is 3.93. The van der Waals surface area contributed by atoms with Gasteiger partial charge in [0, 0.05) is 12.2 Å². The highest BCUT2D eigenvalue weighted by Crippen LogP contribution is 2.38. The highest BCUT2D eigenvalue weighted by molar-refractivity contribution is 6.01. The minimum absolute atomic E-state index is 0.0652. The Morgan fingerprint density at radius 2 is 1.94 bits per heavy atom. The molecule has 0 unspecified atom stereocenters. The number of carbonyl (C=O) groups is 1. The van der Waals surface area contributed by atoms with Crippen LogP contribution in [0, 0.1) is 0 Å². The van der Waals surface area contributed by atoms with Gasteiger partial charge in [-0.1, -0.05) is 24.3 Å². The number of phenolic OH excluding ortho intramolecular Hbond substituents is 1. The van der Waals surface area contributed by atoms with E-state index in [0.717, 1.165) is 16.8 Å². The lowest BCUT2D eigenvalue weighted by atomic mass is 10.0. The minimum Gasteiger partial charge on any atom is -0.504 e. The number of ether oxygens (including phenoxy) is 3. The lowest BCUT2D eigenvalue weighted by Crippen LogP contribution is -2.42. The van der Waals surface area contributed by atoms with Crippen molar-refractivity contribution in [3.63, 3.8) is 0 Å². The second-order valence-corrected chi connectivity index (χ2v) is 7.37. The molecule has 3 aromatic carbocycles. The van der Waals surface area contributed by atoms with Crippen LogP contribution in [0.25, 0.3) is 0 Å². The number of para-hydroxylation sites is 1. The number of nitrogens with one attached hydrogen (secondary N) is 1. The van der Waals surface area contributed by atoms with Gasteiger partial charge < -0.3 is 29.5 Å². The standard InChI is InChI=1S/C24H22N2O5/c1-2-29-21-12-16(8-9-19(21)27)23-25-18-6-4-3-5-17(18)24(28)26(23)13-15-7-10-20-22(11-15)31-14-30-20/h3-12,23,25,27H,2,13-14H2,1H3/t23-/m0/s1. The Bertz CT molecular complexity index is 1150. The molecule has 158 valence electrons. The van der Waals surface area contributed by atoms with Gasteiger partial charge in [-0.25, -0.2) is 0 Å². The Balaban J connectivity index is 1.54. The van der Waals surface area contributed by atoms with Crippen LogP contribution >= 0.6 is 0 Å². The van der Waals surface area contributed by atoms with E-state index in [-0.39, 0.29) is 18.4 Å². The molecule has 1 amide bonds. The Kier molecular flexibility index (Phi) is 4.78. The average molecular weight is 418 g/mol. The third kappa shape index (κ3) is 3.48. The molecule has 2 aliphatic rings. The molecule has 0 fully saturated rings. The van der Waals surface area contributed by atoms with Crippen molar-refractivity contribution >= 4 is 11.6 Å². The van der Waals surface area contributed by atoms with Crippen molar-refractivity contribution in [3.05, 3.63) is 77.4 Å². The van der Waals surface area contributed by atoms with Gasteiger partial charge >= 0.3 is 0 Å². The maximum Gasteiger partial charge on any atom is 0.258 e. The summed E-state index contributed by atoms with van der Waals surface area (Å²) in [6.07, 6.45) is -0.437. The summed E-state index contributed by atoms with van der Waals surface area (Å²) < 4.78 is 16.4. The fourth-order valence-electron chi connectivity index (χ4n) is 3.93. The molecule has 0 saturated carbocycles. The van der Waals surface area contributed by atoms with Crippen molar-refractivity contribution in [2.45, 2.75) is 19.6 Å². The maximum atomic E-state index is 13.5. The van der Waals surface area contributed by atoms with Crippen molar-refractivity contribution in [2.24, 2.45) is 0 Å². The van der Waals surface area contributed by atoms with Gasteiger partial charge in [0.25, 0.3) is 5.91 Å². The molecule has 0 aromatic heterocycles. The summed E-state index contributed by atoms with van der Waals surface area (Å²) in [4.78, 5) is 15.2. The van der Waals surface area contributed by atoms with E-state index in [1.807, 2.05) is 49.4 Å². The van der Waals surface area contributed by atoms with E-state index in [1.54, 1.807) is 23.1 Å². The number of fused-ring (bicyclic) bond motifs is 2. The van der Waals surface area contributed by atoms with Crippen LogP contribution in [-0.2, 0) is 6.54 Å². The van der Waals surface area contributed by atoms with E-state index in [9.17, 15) is 9.90 Å². The topological polar surface area (TPSA) is 80.3 Å². The minimum atomic E-state index is -0.437. The van der Waals surface area contributed by atoms with Gasteiger partial charge in [0.1, 0.15) is 6.17 Å². The number of carbonyl (C=O) groups excluding carboxylic acids is 1. The van der Waals surface area contributed by atoms with Crippen LogP contribution in [0.15, 0.2) is 60.7 Å². The first-order valence-electron chi connectivity index (χ1n) is 10.1. The van der Waals surface area contributed by atoms with E-state index in [1.165, 1.54) is 0 Å². The lowest BCUT2D eigenvalue weighted by Gasteiger charge is -2.38. The number of hydrogen-bond acceptors (Lipinski definition) is 6. The van der Waals surface area contributed by atoms with E-state index < -0.39 is 6.17 Å². The summed E-state index contributed by atoms with van der Waals surface area (Å²) in [5.74, 6) is 1.75. The van der Waals surface area contributed by atoms with Crippen molar-refractivity contribution in [2.75, 3.05) is 18.7 Å². The number of hydrogen-bond donors (Lipinski definition) is 2. The molecule has 2 aliphatic heterocycles. The van der Waals surface area contributed by atoms with Crippen LogP contribution < -0.4 is 19.5 Å². The Hall–Kier alpha value is -3.87. The predicted molar refractivity (Wildman–Crippen MR) is 115 cm³/mol. The molecule has 0 aliphatic carbocycles. The molecule has 5 rings (SSSR count). The molecule has 2 heterocycles. The highest BCUT2D eigenvalue weighted by atomic mass is 16.7. The number of phenols is 1. The molecule has 0 spiro atoms. The van der Waals surface area contributed by atoms with Gasteiger partial charge in [-0.05, 0) is 54.4 Å². The Labute approximate surface area is 179 Å². The monoisotopic (exact) mass is 418 g/mol. The molecule has 1 atom stereocenters. The third-order valence-corrected chi connectivity index (χ3v) is 5.41. The molecular weight excluding hydrogens is 396 g/mol. The predicted octanol–water partition coefficient (Wildman–Crippen LogP) is 4.29. The van der Waals surface area contributed by atoms with E-state index in [2.05, 4.69) is 5.32 Å². The number of rotatable bonds is 5. The molecule has 2 N–H and O–H groups in total. The Morgan fingerprint density at radius 3 is 2.81 bits per heavy atom. The normalized spacial score (nSPS) is 16.6. The van der Waals surface area contributed by atoms with Crippen molar-refractivity contribution in [3.8, 4) is 23.0 Å². The summed E-state index contributed by atoms with van der Waals surface area (Å²) in [6.45, 7) is 2.85. The number of nitrogens with zero attached hydrogens (tertiary/aromatic N) is 1. The summed E-state index contributed by atoms with van der Waals surface area (Å²) in [7, 11) is 0. The smallest absolute Gasteiger partial charge is 0.258 e. The van der Waals surface area contributed by atoms with Gasteiger partial charge in [0.2, 0.25) is 6.79 Å². The zero-order chi connectivity index (χ0) is 21.4. The average Bonchev–Trinajstić information content (AvgIpc) is 3.25. The first-order chi connectivity index (χ1) is 15.1. The van der Waals surface area contributed by atoms with Gasteiger partial charge in [-0.3, -0.25) is 4.79 Å². The first kappa shape index (κ1) is 19.1. The van der Waals surface area contributed by atoms with Crippen LogP contribution in [0.3, 0.4) is 0 Å². The third-order valence-electron chi connectivity index (χ3n) is 5.41. The zero-order valence-corrected chi connectivity index (χ0v) is 17.0. The van der Waals surface area contributed by atoms with Gasteiger partial charge in [0.05, 0.1) is 12.2 Å². The summed E-state index contributed by atoms with van der Waals surface area (Å²) >= 11 is 0. The van der Waals surface area contributed by atoms with Crippen LogP contribution in [0.5, 0.6) is 23.0 Å². The quantitative estimate of drug-likeness (QED) is 0.644. The number of amides is 1.